The Balaban J connectivity index is 1.76. The van der Waals surface area contributed by atoms with Crippen molar-refractivity contribution in [3.8, 4) is 0 Å². The molecule has 1 atom stereocenters. The maximum Gasteiger partial charge on any atom is 0.308 e. The first-order chi connectivity index (χ1) is 12.5. The number of ether oxygens (including phenoxy) is 1. The van der Waals surface area contributed by atoms with Gasteiger partial charge in [-0.3, -0.25) is 14.4 Å². The monoisotopic (exact) mass is 354 g/mol. The minimum Gasteiger partial charge on any atom is -0.455 e. The van der Waals surface area contributed by atoms with Crippen molar-refractivity contribution in [1.82, 2.24) is 5.32 Å². The summed E-state index contributed by atoms with van der Waals surface area (Å²) in [6, 6.07) is 17.4. The van der Waals surface area contributed by atoms with E-state index >= 15 is 0 Å². The van der Waals surface area contributed by atoms with Crippen LogP contribution in [-0.4, -0.2) is 37.5 Å². The van der Waals surface area contributed by atoms with Gasteiger partial charge in [-0.1, -0.05) is 36.4 Å². The summed E-state index contributed by atoms with van der Waals surface area (Å²) in [7, 11) is 1.62. The molecule has 6 heteroatoms. The second-order valence-corrected chi connectivity index (χ2v) is 5.89. The van der Waals surface area contributed by atoms with E-state index in [4.69, 9.17) is 4.74 Å². The zero-order chi connectivity index (χ0) is 18.9. The highest BCUT2D eigenvalue weighted by Gasteiger charge is 2.17. The summed E-state index contributed by atoms with van der Waals surface area (Å²) >= 11 is 0. The minimum atomic E-state index is -0.541. The van der Waals surface area contributed by atoms with Crippen LogP contribution < -0.4 is 10.2 Å². The fourth-order valence-corrected chi connectivity index (χ4v) is 2.29. The van der Waals surface area contributed by atoms with Crippen LogP contribution in [0.2, 0.25) is 0 Å². The SMILES string of the molecule is CC(CC(=O)OCC(=O)N(C)c1ccccc1)NC(=O)c1ccccc1. The van der Waals surface area contributed by atoms with E-state index in [1.54, 1.807) is 50.4 Å². The first-order valence-corrected chi connectivity index (χ1v) is 8.30. The van der Waals surface area contributed by atoms with Crippen molar-refractivity contribution in [3.05, 3.63) is 66.2 Å². The van der Waals surface area contributed by atoms with Crippen LogP contribution >= 0.6 is 0 Å². The first kappa shape index (κ1) is 19.2. The summed E-state index contributed by atoms with van der Waals surface area (Å²) in [5, 5.41) is 2.73. The Bertz CT molecular complexity index is 747. The van der Waals surface area contributed by atoms with Crippen LogP contribution in [0, 0.1) is 0 Å². The summed E-state index contributed by atoms with van der Waals surface area (Å²) in [6.07, 6.45) is -0.0130. The van der Waals surface area contributed by atoms with Crippen LogP contribution in [0.3, 0.4) is 0 Å². The number of anilines is 1. The number of amides is 2. The second kappa shape index (κ2) is 9.36. The molecule has 0 saturated heterocycles. The van der Waals surface area contributed by atoms with Crippen LogP contribution in [0.1, 0.15) is 23.7 Å². The number of nitrogens with one attached hydrogen (secondary N) is 1. The van der Waals surface area contributed by atoms with Crippen molar-refractivity contribution in [2.45, 2.75) is 19.4 Å². The predicted molar refractivity (Wildman–Crippen MR) is 98.8 cm³/mol. The minimum absolute atomic E-state index is 0.0130. The molecule has 2 rings (SSSR count). The van der Waals surface area contributed by atoms with E-state index in [0.29, 0.717) is 5.56 Å². The van der Waals surface area contributed by atoms with E-state index in [1.807, 2.05) is 24.3 Å². The van der Waals surface area contributed by atoms with Gasteiger partial charge >= 0.3 is 5.97 Å². The molecular weight excluding hydrogens is 332 g/mol. The highest BCUT2D eigenvalue weighted by molar-refractivity contribution is 5.95. The van der Waals surface area contributed by atoms with Gasteiger partial charge in [-0.15, -0.1) is 0 Å². The summed E-state index contributed by atoms with van der Waals surface area (Å²) in [5.41, 5.74) is 1.24. The van der Waals surface area contributed by atoms with Gasteiger partial charge in [0.15, 0.2) is 6.61 Å². The fraction of sp³-hybridized carbons (Fsp3) is 0.250. The lowest BCUT2D eigenvalue weighted by atomic mass is 10.2. The molecule has 0 spiro atoms. The predicted octanol–water partition coefficient (Wildman–Crippen LogP) is 2.40. The molecule has 0 bridgehead atoms. The van der Waals surface area contributed by atoms with E-state index in [2.05, 4.69) is 5.32 Å². The van der Waals surface area contributed by atoms with E-state index in [9.17, 15) is 14.4 Å². The number of esters is 1. The van der Waals surface area contributed by atoms with E-state index in [1.165, 1.54) is 4.90 Å². The van der Waals surface area contributed by atoms with Gasteiger partial charge in [0.25, 0.3) is 11.8 Å². The van der Waals surface area contributed by atoms with E-state index < -0.39 is 12.0 Å². The molecule has 0 aromatic heterocycles. The number of carbonyl (C=O) groups is 3. The normalized spacial score (nSPS) is 11.3. The highest BCUT2D eigenvalue weighted by Crippen LogP contribution is 2.11. The van der Waals surface area contributed by atoms with Crippen molar-refractivity contribution >= 4 is 23.5 Å². The third-order valence-corrected chi connectivity index (χ3v) is 3.76. The van der Waals surface area contributed by atoms with Crippen molar-refractivity contribution in [1.29, 1.82) is 0 Å². The van der Waals surface area contributed by atoms with Crippen molar-refractivity contribution in [3.63, 3.8) is 0 Å². The molecule has 1 unspecified atom stereocenters. The molecule has 6 nitrogen and oxygen atoms in total. The molecule has 0 aliphatic rings. The van der Waals surface area contributed by atoms with Gasteiger partial charge in [-0.05, 0) is 31.2 Å². The Hall–Kier alpha value is -3.15. The van der Waals surface area contributed by atoms with Crippen molar-refractivity contribution in [2.75, 3.05) is 18.6 Å². The van der Waals surface area contributed by atoms with Gasteiger partial charge in [0.1, 0.15) is 0 Å². The number of benzene rings is 2. The number of likely N-dealkylation sites (N-methyl/N-ethyl adjacent to an activating group) is 1. The Labute approximate surface area is 152 Å². The summed E-state index contributed by atoms with van der Waals surface area (Å²) < 4.78 is 5.02. The lowest BCUT2D eigenvalue weighted by Gasteiger charge is -2.18. The molecule has 1 N–H and O–H groups in total. The smallest absolute Gasteiger partial charge is 0.308 e. The zero-order valence-corrected chi connectivity index (χ0v) is 14.8. The molecule has 0 radical (unpaired) electrons. The van der Waals surface area contributed by atoms with Crippen LogP contribution in [0.15, 0.2) is 60.7 Å². The van der Waals surface area contributed by atoms with Gasteiger partial charge in [0, 0.05) is 24.3 Å². The van der Waals surface area contributed by atoms with Crippen LogP contribution in [0.4, 0.5) is 5.69 Å². The zero-order valence-electron chi connectivity index (χ0n) is 14.8. The van der Waals surface area contributed by atoms with Crippen molar-refractivity contribution < 1.29 is 19.1 Å². The molecule has 0 fully saturated rings. The van der Waals surface area contributed by atoms with Gasteiger partial charge in [-0.2, -0.15) is 0 Å². The molecule has 2 aromatic carbocycles. The Morgan fingerprint density at radius 1 is 1.00 bits per heavy atom. The molecule has 0 heterocycles. The summed E-state index contributed by atoms with van der Waals surface area (Å²) in [6.45, 7) is 1.36. The number of hydrogen-bond donors (Lipinski definition) is 1. The molecule has 2 aromatic rings. The number of rotatable bonds is 7. The van der Waals surface area contributed by atoms with Gasteiger partial charge in [-0.25, -0.2) is 0 Å². The second-order valence-electron chi connectivity index (χ2n) is 5.89. The van der Waals surface area contributed by atoms with Crippen LogP contribution in [0.25, 0.3) is 0 Å². The van der Waals surface area contributed by atoms with E-state index in [-0.39, 0.29) is 24.8 Å². The lowest BCUT2D eigenvalue weighted by Crippen LogP contribution is -2.36. The maximum absolute atomic E-state index is 12.1. The number of hydrogen-bond acceptors (Lipinski definition) is 4. The maximum atomic E-state index is 12.1. The van der Waals surface area contributed by atoms with Gasteiger partial charge in [0.05, 0.1) is 6.42 Å². The summed E-state index contributed by atoms with van der Waals surface area (Å²) in [4.78, 5) is 37.4. The topological polar surface area (TPSA) is 75.7 Å². The lowest BCUT2D eigenvalue weighted by molar-refractivity contribution is -0.148. The summed E-state index contributed by atoms with van der Waals surface area (Å²) in [5.74, 6) is -1.13. The Morgan fingerprint density at radius 3 is 2.19 bits per heavy atom. The van der Waals surface area contributed by atoms with E-state index in [0.717, 1.165) is 5.69 Å². The molecule has 2 amide bonds. The molecule has 0 aliphatic heterocycles. The highest BCUT2D eigenvalue weighted by atomic mass is 16.5. The van der Waals surface area contributed by atoms with Gasteiger partial charge in [0.2, 0.25) is 0 Å². The number of carbonyl (C=O) groups excluding carboxylic acids is 3. The molecular formula is C20H22N2O4. The first-order valence-electron chi connectivity index (χ1n) is 8.30. The van der Waals surface area contributed by atoms with Gasteiger partial charge < -0.3 is 15.0 Å². The molecule has 0 saturated carbocycles. The molecule has 136 valence electrons. The number of para-hydroxylation sites is 1. The average molecular weight is 354 g/mol. The number of nitrogens with zero attached hydrogens (tertiary/aromatic N) is 1. The molecule has 26 heavy (non-hydrogen) atoms. The molecule has 0 aliphatic carbocycles. The average Bonchev–Trinajstić information content (AvgIpc) is 2.66. The van der Waals surface area contributed by atoms with Crippen molar-refractivity contribution in [2.24, 2.45) is 0 Å². The fourth-order valence-electron chi connectivity index (χ4n) is 2.29. The Kier molecular flexibility index (Phi) is 6.91. The quantitative estimate of drug-likeness (QED) is 0.775. The largest absolute Gasteiger partial charge is 0.455 e. The van der Waals surface area contributed by atoms with Crippen LogP contribution in [0.5, 0.6) is 0 Å². The third-order valence-electron chi connectivity index (χ3n) is 3.76. The van der Waals surface area contributed by atoms with Crippen LogP contribution in [-0.2, 0) is 14.3 Å². The standard InChI is InChI=1S/C20H22N2O4/c1-15(21-20(25)16-9-5-3-6-10-16)13-19(24)26-14-18(23)22(2)17-11-7-4-8-12-17/h3-12,15H,13-14H2,1-2H3,(H,21,25). The Morgan fingerprint density at radius 2 is 1.58 bits per heavy atom. The third kappa shape index (κ3) is 5.73.